The van der Waals surface area contributed by atoms with E-state index in [4.69, 9.17) is 16.7 Å². The maximum Gasteiger partial charge on any atom is 0.417 e. The first-order valence-electron chi connectivity index (χ1n) is 6.54. The molecule has 1 heterocycles. The second-order valence-electron chi connectivity index (χ2n) is 4.87. The summed E-state index contributed by atoms with van der Waals surface area (Å²) >= 11 is 5.51. The molecule has 0 spiro atoms. The Hall–Kier alpha value is -2.55. The van der Waals surface area contributed by atoms with Crippen molar-refractivity contribution in [1.29, 1.82) is 0 Å². The first-order valence-corrected chi connectivity index (χ1v) is 6.92. The number of halogens is 4. The number of aromatic carboxylic acids is 1. The number of nitrogens with zero attached hydrogens (tertiary/aromatic N) is 2. The number of aromatic nitrogens is 2. The molecule has 1 aromatic carbocycles. The zero-order chi connectivity index (χ0) is 18.1. The van der Waals surface area contributed by atoms with Crippen LogP contribution in [0.3, 0.4) is 0 Å². The number of alkyl halides is 3. The van der Waals surface area contributed by atoms with Gasteiger partial charge in [0, 0.05) is 11.9 Å². The number of amides is 1. The van der Waals surface area contributed by atoms with Gasteiger partial charge in [0.2, 0.25) is 5.91 Å². The second-order valence-corrected chi connectivity index (χ2v) is 5.28. The molecule has 10 heteroatoms. The molecule has 0 bridgehead atoms. The molecule has 2 N–H and O–H groups in total. The number of carbonyl (C=O) groups excluding carboxylic acids is 1. The lowest BCUT2D eigenvalue weighted by molar-refractivity contribution is -0.137. The van der Waals surface area contributed by atoms with Crippen LogP contribution in [0, 0.1) is 0 Å². The van der Waals surface area contributed by atoms with Crippen molar-refractivity contribution in [2.45, 2.75) is 19.1 Å². The van der Waals surface area contributed by atoms with Crippen molar-refractivity contribution in [2.75, 3.05) is 5.32 Å². The van der Waals surface area contributed by atoms with Crippen molar-refractivity contribution in [3.63, 3.8) is 0 Å². The minimum absolute atomic E-state index is 0.0887. The molecule has 1 atom stereocenters. The van der Waals surface area contributed by atoms with Crippen LogP contribution in [0.4, 0.5) is 18.9 Å². The summed E-state index contributed by atoms with van der Waals surface area (Å²) in [5, 5.41) is 14.4. The molecular weight excluding hydrogens is 351 g/mol. The number of hydrogen-bond donors (Lipinski definition) is 2. The van der Waals surface area contributed by atoms with Gasteiger partial charge in [-0.15, -0.1) is 0 Å². The van der Waals surface area contributed by atoms with E-state index in [2.05, 4.69) is 10.4 Å². The molecule has 0 fully saturated rings. The summed E-state index contributed by atoms with van der Waals surface area (Å²) < 4.78 is 39.5. The van der Waals surface area contributed by atoms with Gasteiger partial charge in [-0.3, -0.25) is 9.48 Å². The van der Waals surface area contributed by atoms with E-state index in [1.54, 1.807) is 0 Å². The zero-order valence-electron chi connectivity index (χ0n) is 12.1. The Bertz CT molecular complexity index is 789. The van der Waals surface area contributed by atoms with Crippen molar-refractivity contribution in [2.24, 2.45) is 0 Å². The van der Waals surface area contributed by atoms with Gasteiger partial charge in [-0.1, -0.05) is 11.6 Å². The van der Waals surface area contributed by atoms with Gasteiger partial charge in [-0.25, -0.2) is 4.79 Å². The average Bonchev–Trinajstić information content (AvgIpc) is 2.97. The van der Waals surface area contributed by atoms with Crippen molar-refractivity contribution < 1.29 is 27.9 Å². The van der Waals surface area contributed by atoms with Crippen LogP contribution in [0.5, 0.6) is 0 Å². The van der Waals surface area contributed by atoms with E-state index in [9.17, 15) is 22.8 Å². The van der Waals surface area contributed by atoms with Gasteiger partial charge < -0.3 is 10.4 Å². The Labute approximate surface area is 138 Å². The van der Waals surface area contributed by atoms with Crippen molar-refractivity contribution in [3.05, 3.63) is 46.7 Å². The Morgan fingerprint density at radius 1 is 1.38 bits per heavy atom. The number of nitrogens with one attached hydrogen (secondary N) is 1. The molecule has 1 aromatic heterocycles. The molecular formula is C14H11ClF3N3O3. The fraction of sp³-hybridized carbons (Fsp3) is 0.214. The van der Waals surface area contributed by atoms with E-state index in [0.29, 0.717) is 0 Å². The third kappa shape index (κ3) is 3.85. The van der Waals surface area contributed by atoms with Crippen LogP contribution in [0.25, 0.3) is 0 Å². The third-order valence-electron chi connectivity index (χ3n) is 3.16. The number of rotatable bonds is 4. The summed E-state index contributed by atoms with van der Waals surface area (Å²) in [7, 11) is 0. The van der Waals surface area contributed by atoms with Crippen LogP contribution < -0.4 is 5.32 Å². The van der Waals surface area contributed by atoms with E-state index >= 15 is 0 Å². The van der Waals surface area contributed by atoms with E-state index in [-0.39, 0.29) is 11.3 Å². The highest BCUT2D eigenvalue weighted by molar-refractivity contribution is 6.31. The molecule has 6 nitrogen and oxygen atoms in total. The van der Waals surface area contributed by atoms with Crippen LogP contribution in [0.2, 0.25) is 5.02 Å². The summed E-state index contributed by atoms with van der Waals surface area (Å²) in [6.45, 7) is 1.43. The first-order chi connectivity index (χ1) is 11.1. The molecule has 1 amide bonds. The van der Waals surface area contributed by atoms with Gasteiger partial charge >= 0.3 is 12.1 Å². The Morgan fingerprint density at radius 2 is 2.04 bits per heavy atom. The van der Waals surface area contributed by atoms with Crippen molar-refractivity contribution >= 4 is 29.2 Å². The molecule has 0 saturated heterocycles. The molecule has 0 saturated carbocycles. The predicted molar refractivity (Wildman–Crippen MR) is 79.0 cm³/mol. The summed E-state index contributed by atoms with van der Waals surface area (Å²) in [5.74, 6) is -1.87. The monoisotopic (exact) mass is 361 g/mol. The normalized spacial score (nSPS) is 12.7. The maximum absolute atomic E-state index is 12.8. The summed E-state index contributed by atoms with van der Waals surface area (Å²) in [5.41, 5.74) is -1.27. The highest BCUT2D eigenvalue weighted by Gasteiger charge is 2.33. The number of carboxylic acids is 1. The predicted octanol–water partition coefficient (Wildman–Crippen LogP) is 3.45. The quantitative estimate of drug-likeness (QED) is 0.873. The van der Waals surface area contributed by atoms with Crippen LogP contribution in [-0.2, 0) is 11.0 Å². The molecule has 0 radical (unpaired) electrons. The summed E-state index contributed by atoms with van der Waals surface area (Å²) in [6.07, 6.45) is -2.44. The summed E-state index contributed by atoms with van der Waals surface area (Å²) in [4.78, 5) is 22.9. The van der Waals surface area contributed by atoms with Gasteiger partial charge in [-0.2, -0.15) is 18.3 Å². The van der Waals surface area contributed by atoms with Gasteiger partial charge in [0.05, 0.1) is 22.3 Å². The fourth-order valence-electron chi connectivity index (χ4n) is 1.85. The minimum atomic E-state index is -4.65. The summed E-state index contributed by atoms with van der Waals surface area (Å²) in [6, 6.07) is 2.05. The largest absolute Gasteiger partial charge is 0.478 e. The van der Waals surface area contributed by atoms with E-state index in [0.717, 1.165) is 29.2 Å². The molecule has 2 rings (SSSR count). The molecule has 0 aliphatic carbocycles. The van der Waals surface area contributed by atoms with Crippen LogP contribution in [0.1, 0.15) is 28.9 Å². The number of carbonyl (C=O) groups is 2. The molecule has 1 unspecified atom stereocenters. The SMILES string of the molecule is CC(C(=O)Nc1ccc(Cl)c(C(F)(F)F)c1)n1cc(C(=O)O)cn1. The molecule has 0 aliphatic rings. The Morgan fingerprint density at radius 3 is 2.58 bits per heavy atom. The van der Waals surface area contributed by atoms with E-state index < -0.39 is 34.7 Å². The van der Waals surface area contributed by atoms with Gasteiger partial charge in [0.15, 0.2) is 0 Å². The minimum Gasteiger partial charge on any atom is -0.478 e. The maximum atomic E-state index is 12.8. The topological polar surface area (TPSA) is 84.2 Å². The van der Waals surface area contributed by atoms with Crippen LogP contribution in [-0.4, -0.2) is 26.8 Å². The van der Waals surface area contributed by atoms with Crippen molar-refractivity contribution in [1.82, 2.24) is 9.78 Å². The number of benzene rings is 1. The number of anilines is 1. The average molecular weight is 362 g/mol. The van der Waals surface area contributed by atoms with Crippen LogP contribution >= 0.6 is 11.6 Å². The lowest BCUT2D eigenvalue weighted by atomic mass is 10.2. The van der Waals surface area contributed by atoms with E-state index in [1.807, 2.05) is 0 Å². The highest BCUT2D eigenvalue weighted by Crippen LogP contribution is 2.36. The molecule has 2 aromatic rings. The number of carboxylic acid groups (broad SMARTS) is 1. The smallest absolute Gasteiger partial charge is 0.417 e. The molecule has 0 aliphatic heterocycles. The number of hydrogen-bond acceptors (Lipinski definition) is 3. The molecule has 24 heavy (non-hydrogen) atoms. The van der Waals surface area contributed by atoms with Gasteiger partial charge in [0.1, 0.15) is 6.04 Å². The second kappa shape index (κ2) is 6.52. The zero-order valence-corrected chi connectivity index (χ0v) is 12.9. The van der Waals surface area contributed by atoms with Gasteiger partial charge in [0.25, 0.3) is 0 Å². The Kier molecular flexibility index (Phi) is 4.83. The van der Waals surface area contributed by atoms with Crippen LogP contribution in [0.15, 0.2) is 30.6 Å². The standard InChI is InChI=1S/C14H11ClF3N3O3/c1-7(21-6-8(5-19-21)13(23)24)12(22)20-9-2-3-11(15)10(4-9)14(16,17)18/h2-7H,1H3,(H,20,22)(H,23,24). The molecule has 128 valence electrons. The first kappa shape index (κ1) is 17.8. The lowest BCUT2D eigenvalue weighted by Crippen LogP contribution is -2.24. The third-order valence-corrected chi connectivity index (χ3v) is 3.49. The highest BCUT2D eigenvalue weighted by atomic mass is 35.5. The fourth-order valence-corrected chi connectivity index (χ4v) is 2.07. The van der Waals surface area contributed by atoms with Crippen molar-refractivity contribution in [3.8, 4) is 0 Å². The lowest BCUT2D eigenvalue weighted by Gasteiger charge is -2.15. The van der Waals surface area contributed by atoms with Gasteiger partial charge in [-0.05, 0) is 25.1 Å². The Balaban J connectivity index is 2.18. The van der Waals surface area contributed by atoms with E-state index in [1.165, 1.54) is 13.0 Å².